The zero-order valence-electron chi connectivity index (χ0n) is 11.0. The van der Waals surface area contributed by atoms with Gasteiger partial charge in [-0.3, -0.25) is 4.79 Å². The van der Waals surface area contributed by atoms with Crippen molar-refractivity contribution >= 4 is 29.9 Å². The van der Waals surface area contributed by atoms with E-state index in [1.807, 2.05) is 31.2 Å². The lowest BCUT2D eigenvalue weighted by Gasteiger charge is -2.15. The van der Waals surface area contributed by atoms with Gasteiger partial charge in [-0.05, 0) is 49.9 Å². The average Bonchev–Trinajstić information content (AvgIpc) is 3.13. The average molecular weight is 303 g/mol. The van der Waals surface area contributed by atoms with Crippen molar-refractivity contribution in [3.8, 4) is 0 Å². The minimum absolute atomic E-state index is 0. The van der Waals surface area contributed by atoms with Gasteiger partial charge in [0, 0.05) is 5.02 Å². The SMILES string of the molecule is CC(NC(=O)CNCC1CC1)c1cccc(Cl)c1.Cl. The number of hydrogen-bond donors (Lipinski definition) is 2. The van der Waals surface area contributed by atoms with Crippen LogP contribution in [0.15, 0.2) is 24.3 Å². The van der Waals surface area contributed by atoms with Gasteiger partial charge in [-0.15, -0.1) is 12.4 Å². The fraction of sp³-hybridized carbons (Fsp3) is 0.500. The van der Waals surface area contributed by atoms with Gasteiger partial charge in [0.25, 0.3) is 0 Å². The first-order valence-electron chi connectivity index (χ1n) is 6.40. The Morgan fingerprint density at radius 2 is 2.21 bits per heavy atom. The van der Waals surface area contributed by atoms with Crippen molar-refractivity contribution in [1.29, 1.82) is 0 Å². The number of carbonyl (C=O) groups excluding carboxylic acids is 1. The molecule has 2 N–H and O–H groups in total. The van der Waals surface area contributed by atoms with E-state index in [1.165, 1.54) is 12.8 Å². The second kappa shape index (κ2) is 7.73. The van der Waals surface area contributed by atoms with E-state index in [0.717, 1.165) is 18.0 Å². The summed E-state index contributed by atoms with van der Waals surface area (Å²) >= 11 is 5.93. The van der Waals surface area contributed by atoms with Gasteiger partial charge in [-0.25, -0.2) is 0 Å². The first-order valence-corrected chi connectivity index (χ1v) is 6.78. The van der Waals surface area contributed by atoms with Crippen LogP contribution < -0.4 is 10.6 Å². The second-order valence-electron chi connectivity index (χ2n) is 4.92. The number of halogens is 2. The molecular formula is C14H20Cl2N2O. The molecule has 0 radical (unpaired) electrons. The van der Waals surface area contributed by atoms with Gasteiger partial charge < -0.3 is 10.6 Å². The summed E-state index contributed by atoms with van der Waals surface area (Å²) in [6.07, 6.45) is 2.60. The molecule has 1 aliphatic carbocycles. The van der Waals surface area contributed by atoms with Gasteiger partial charge >= 0.3 is 0 Å². The molecule has 1 atom stereocenters. The maximum atomic E-state index is 11.7. The Morgan fingerprint density at radius 1 is 1.47 bits per heavy atom. The Labute approximate surface area is 125 Å². The van der Waals surface area contributed by atoms with Gasteiger partial charge in [0.2, 0.25) is 5.91 Å². The summed E-state index contributed by atoms with van der Waals surface area (Å²) in [6.45, 7) is 3.31. The van der Waals surface area contributed by atoms with E-state index < -0.39 is 0 Å². The largest absolute Gasteiger partial charge is 0.348 e. The maximum Gasteiger partial charge on any atom is 0.234 e. The number of amides is 1. The summed E-state index contributed by atoms with van der Waals surface area (Å²) < 4.78 is 0. The quantitative estimate of drug-likeness (QED) is 0.848. The summed E-state index contributed by atoms with van der Waals surface area (Å²) in [6, 6.07) is 7.56. The monoisotopic (exact) mass is 302 g/mol. The molecule has 0 bridgehead atoms. The summed E-state index contributed by atoms with van der Waals surface area (Å²) in [4.78, 5) is 11.7. The lowest BCUT2D eigenvalue weighted by atomic mass is 10.1. The first-order chi connectivity index (χ1) is 8.65. The Morgan fingerprint density at radius 3 is 2.84 bits per heavy atom. The minimum atomic E-state index is -0.0149. The highest BCUT2D eigenvalue weighted by Gasteiger charge is 2.20. The van der Waals surface area contributed by atoms with Crippen molar-refractivity contribution in [2.24, 2.45) is 5.92 Å². The fourth-order valence-corrected chi connectivity index (χ4v) is 2.06. The molecule has 5 heteroatoms. The lowest BCUT2D eigenvalue weighted by molar-refractivity contribution is -0.120. The van der Waals surface area contributed by atoms with Gasteiger partial charge in [0.15, 0.2) is 0 Å². The third-order valence-corrected chi connectivity index (χ3v) is 3.38. The molecule has 1 fully saturated rings. The molecule has 19 heavy (non-hydrogen) atoms. The predicted octanol–water partition coefficient (Wildman–Crippen LogP) is 2.94. The van der Waals surface area contributed by atoms with Gasteiger partial charge in [-0.2, -0.15) is 0 Å². The van der Waals surface area contributed by atoms with Crippen LogP contribution in [0.4, 0.5) is 0 Å². The van der Waals surface area contributed by atoms with Gasteiger partial charge in [-0.1, -0.05) is 23.7 Å². The third kappa shape index (κ3) is 5.81. The van der Waals surface area contributed by atoms with Gasteiger partial charge in [0.1, 0.15) is 0 Å². The van der Waals surface area contributed by atoms with Crippen LogP contribution in [0.3, 0.4) is 0 Å². The molecule has 1 aromatic rings. The van der Waals surface area contributed by atoms with E-state index in [1.54, 1.807) is 0 Å². The smallest absolute Gasteiger partial charge is 0.234 e. The molecule has 3 nitrogen and oxygen atoms in total. The van der Waals surface area contributed by atoms with E-state index in [-0.39, 0.29) is 24.4 Å². The fourth-order valence-electron chi connectivity index (χ4n) is 1.86. The maximum absolute atomic E-state index is 11.7. The van der Waals surface area contributed by atoms with Crippen molar-refractivity contribution in [3.05, 3.63) is 34.9 Å². The molecule has 1 saturated carbocycles. The lowest BCUT2D eigenvalue weighted by Crippen LogP contribution is -2.36. The molecule has 1 aliphatic rings. The van der Waals surface area contributed by atoms with Crippen LogP contribution in [0.25, 0.3) is 0 Å². The molecule has 2 rings (SSSR count). The molecular weight excluding hydrogens is 283 g/mol. The van der Waals surface area contributed by atoms with Crippen LogP contribution in [-0.2, 0) is 4.79 Å². The zero-order valence-corrected chi connectivity index (χ0v) is 12.6. The predicted molar refractivity (Wildman–Crippen MR) is 80.9 cm³/mol. The molecule has 1 amide bonds. The Hall–Kier alpha value is -0.770. The van der Waals surface area contributed by atoms with Crippen LogP contribution >= 0.6 is 24.0 Å². The zero-order chi connectivity index (χ0) is 13.0. The molecule has 0 aromatic heterocycles. The van der Waals surface area contributed by atoms with E-state index in [4.69, 9.17) is 11.6 Å². The highest BCUT2D eigenvalue weighted by molar-refractivity contribution is 6.30. The first kappa shape index (κ1) is 16.3. The standard InChI is InChI=1S/C14H19ClN2O.ClH/c1-10(12-3-2-4-13(15)7-12)17-14(18)9-16-8-11-5-6-11;/h2-4,7,10-11,16H,5-6,8-9H2,1H3,(H,17,18);1H. The number of nitrogens with one attached hydrogen (secondary N) is 2. The number of rotatable bonds is 6. The molecule has 0 saturated heterocycles. The topological polar surface area (TPSA) is 41.1 Å². The minimum Gasteiger partial charge on any atom is -0.348 e. The normalized spacial score (nSPS) is 15.5. The second-order valence-corrected chi connectivity index (χ2v) is 5.35. The number of benzene rings is 1. The summed E-state index contributed by atoms with van der Waals surface area (Å²) in [5.74, 6) is 0.825. The number of carbonyl (C=O) groups is 1. The molecule has 106 valence electrons. The summed E-state index contributed by atoms with van der Waals surface area (Å²) in [5, 5.41) is 6.83. The van der Waals surface area contributed by atoms with Crippen LogP contribution in [0, 0.1) is 5.92 Å². The Bertz CT molecular complexity index is 422. The molecule has 0 aliphatic heterocycles. The van der Waals surface area contributed by atoms with Crippen LogP contribution in [0.2, 0.25) is 5.02 Å². The Balaban J connectivity index is 0.00000180. The summed E-state index contributed by atoms with van der Waals surface area (Å²) in [7, 11) is 0. The van der Waals surface area contributed by atoms with Crippen molar-refractivity contribution in [2.45, 2.75) is 25.8 Å². The molecule has 1 unspecified atom stereocenters. The van der Waals surface area contributed by atoms with Crippen molar-refractivity contribution in [1.82, 2.24) is 10.6 Å². The molecule has 0 heterocycles. The van der Waals surface area contributed by atoms with Crippen molar-refractivity contribution in [2.75, 3.05) is 13.1 Å². The van der Waals surface area contributed by atoms with E-state index in [9.17, 15) is 4.79 Å². The molecule has 0 spiro atoms. The third-order valence-electron chi connectivity index (χ3n) is 3.14. The number of hydrogen-bond acceptors (Lipinski definition) is 2. The van der Waals surface area contributed by atoms with Crippen LogP contribution in [0.5, 0.6) is 0 Å². The van der Waals surface area contributed by atoms with Crippen molar-refractivity contribution < 1.29 is 4.79 Å². The van der Waals surface area contributed by atoms with E-state index in [2.05, 4.69) is 10.6 Å². The highest BCUT2D eigenvalue weighted by Crippen LogP contribution is 2.27. The van der Waals surface area contributed by atoms with Gasteiger partial charge in [0.05, 0.1) is 12.6 Å². The highest BCUT2D eigenvalue weighted by atomic mass is 35.5. The van der Waals surface area contributed by atoms with Crippen molar-refractivity contribution in [3.63, 3.8) is 0 Å². The van der Waals surface area contributed by atoms with E-state index in [0.29, 0.717) is 11.6 Å². The van der Waals surface area contributed by atoms with Crippen LogP contribution in [0.1, 0.15) is 31.4 Å². The van der Waals surface area contributed by atoms with E-state index >= 15 is 0 Å². The summed E-state index contributed by atoms with van der Waals surface area (Å²) in [5.41, 5.74) is 1.03. The van der Waals surface area contributed by atoms with Crippen LogP contribution in [-0.4, -0.2) is 19.0 Å². The molecule has 1 aromatic carbocycles. The Kier molecular flexibility index (Phi) is 6.63.